The number of amides is 1. The molecule has 0 saturated heterocycles. The third-order valence-electron chi connectivity index (χ3n) is 4.50. The Kier molecular flexibility index (Phi) is 5.69. The molecule has 0 unspecified atom stereocenters. The molecule has 2 aromatic carbocycles. The van der Waals surface area contributed by atoms with Crippen LogP contribution in [0, 0.1) is 10.1 Å². The average molecular weight is 381 g/mol. The number of nitrogen functional groups attached to an aromatic ring is 1. The van der Waals surface area contributed by atoms with Crippen LogP contribution in [-0.2, 0) is 9.53 Å². The van der Waals surface area contributed by atoms with E-state index in [9.17, 15) is 19.7 Å². The van der Waals surface area contributed by atoms with Gasteiger partial charge in [-0.05, 0) is 23.6 Å². The number of nitro benzene ring substituents is 1. The van der Waals surface area contributed by atoms with Crippen molar-refractivity contribution in [1.82, 2.24) is 4.90 Å². The van der Waals surface area contributed by atoms with Crippen LogP contribution in [0.15, 0.2) is 54.6 Å². The molecule has 0 radical (unpaired) electrons. The third-order valence-corrected chi connectivity index (χ3v) is 4.50. The Bertz CT molecular complexity index is 940. The van der Waals surface area contributed by atoms with Crippen molar-refractivity contribution in [3.8, 4) is 0 Å². The van der Waals surface area contributed by atoms with Gasteiger partial charge in [-0.2, -0.15) is 0 Å². The molecule has 0 aliphatic carbocycles. The number of benzene rings is 2. The van der Waals surface area contributed by atoms with Gasteiger partial charge < -0.3 is 15.4 Å². The summed E-state index contributed by atoms with van der Waals surface area (Å²) in [6.07, 6.45) is 2.69. The Morgan fingerprint density at radius 1 is 1.18 bits per heavy atom. The average Bonchev–Trinajstić information content (AvgIpc) is 2.72. The summed E-state index contributed by atoms with van der Waals surface area (Å²) in [5, 5.41) is 10.8. The van der Waals surface area contributed by atoms with Gasteiger partial charge in [-0.15, -0.1) is 0 Å². The highest BCUT2D eigenvalue weighted by atomic mass is 16.6. The number of carbonyl (C=O) groups is 2. The molecule has 1 amide bonds. The quantitative estimate of drug-likeness (QED) is 0.368. The van der Waals surface area contributed by atoms with Crippen LogP contribution in [0.25, 0.3) is 5.57 Å². The number of anilines is 1. The zero-order chi connectivity index (χ0) is 20.1. The minimum absolute atomic E-state index is 0.0523. The number of ether oxygens (including phenoxy) is 1. The molecule has 0 aromatic heterocycles. The SMILES string of the molecule is Nc1ccc([N+](=O)[O-])cc1C(=O)OCC(=O)N1CC=C(c2ccccc2)CC1. The van der Waals surface area contributed by atoms with Crippen LogP contribution >= 0.6 is 0 Å². The normalized spacial score (nSPS) is 13.6. The summed E-state index contributed by atoms with van der Waals surface area (Å²) in [5.74, 6) is -1.20. The molecule has 8 heteroatoms. The molecule has 144 valence electrons. The van der Waals surface area contributed by atoms with Crippen LogP contribution in [0.1, 0.15) is 22.3 Å². The molecule has 8 nitrogen and oxygen atoms in total. The molecule has 1 aliphatic rings. The highest BCUT2D eigenvalue weighted by molar-refractivity contribution is 5.97. The molecule has 0 spiro atoms. The minimum atomic E-state index is -0.868. The van der Waals surface area contributed by atoms with Gasteiger partial charge in [0.05, 0.1) is 10.5 Å². The van der Waals surface area contributed by atoms with E-state index in [-0.39, 0.29) is 22.8 Å². The first-order valence-electron chi connectivity index (χ1n) is 8.69. The second-order valence-electron chi connectivity index (χ2n) is 6.29. The Morgan fingerprint density at radius 2 is 1.93 bits per heavy atom. The van der Waals surface area contributed by atoms with Crippen molar-refractivity contribution in [2.75, 3.05) is 25.4 Å². The number of rotatable bonds is 5. The fourth-order valence-electron chi connectivity index (χ4n) is 2.94. The second-order valence-corrected chi connectivity index (χ2v) is 6.29. The number of nitro groups is 1. The van der Waals surface area contributed by atoms with Gasteiger partial charge in [0, 0.05) is 30.9 Å². The maximum atomic E-state index is 12.3. The molecule has 2 aromatic rings. The molecule has 1 aliphatic heterocycles. The Hall–Kier alpha value is -3.68. The van der Waals surface area contributed by atoms with E-state index in [1.165, 1.54) is 17.7 Å². The van der Waals surface area contributed by atoms with E-state index >= 15 is 0 Å². The van der Waals surface area contributed by atoms with Crippen LogP contribution in [-0.4, -0.2) is 41.4 Å². The smallest absolute Gasteiger partial charge is 0.341 e. The predicted molar refractivity (Wildman–Crippen MR) is 103 cm³/mol. The number of carbonyl (C=O) groups excluding carboxylic acids is 2. The van der Waals surface area contributed by atoms with Crippen LogP contribution in [0.4, 0.5) is 11.4 Å². The lowest BCUT2D eigenvalue weighted by Gasteiger charge is -2.26. The summed E-state index contributed by atoms with van der Waals surface area (Å²) in [7, 11) is 0. The van der Waals surface area contributed by atoms with E-state index in [0.29, 0.717) is 19.5 Å². The van der Waals surface area contributed by atoms with Crippen molar-refractivity contribution in [3.63, 3.8) is 0 Å². The first kappa shape index (κ1) is 19.1. The third kappa shape index (κ3) is 4.35. The van der Waals surface area contributed by atoms with Crippen molar-refractivity contribution in [2.45, 2.75) is 6.42 Å². The molecule has 0 bridgehead atoms. The van der Waals surface area contributed by atoms with Crippen LogP contribution < -0.4 is 5.73 Å². The van der Waals surface area contributed by atoms with Gasteiger partial charge in [0.15, 0.2) is 6.61 Å². The molecule has 0 atom stereocenters. The van der Waals surface area contributed by atoms with Gasteiger partial charge in [-0.1, -0.05) is 36.4 Å². The lowest BCUT2D eigenvalue weighted by molar-refractivity contribution is -0.384. The zero-order valence-electron chi connectivity index (χ0n) is 15.0. The molecule has 2 N–H and O–H groups in total. The van der Waals surface area contributed by atoms with Crippen molar-refractivity contribution in [1.29, 1.82) is 0 Å². The molecule has 1 heterocycles. The Labute approximate surface area is 161 Å². The fraction of sp³-hybridized carbons (Fsp3) is 0.200. The largest absolute Gasteiger partial charge is 0.452 e. The van der Waals surface area contributed by atoms with Gasteiger partial charge >= 0.3 is 5.97 Å². The minimum Gasteiger partial charge on any atom is -0.452 e. The summed E-state index contributed by atoms with van der Waals surface area (Å²) in [6, 6.07) is 13.4. The molecule has 3 rings (SSSR count). The number of hydrogen-bond donors (Lipinski definition) is 1. The van der Waals surface area contributed by atoms with Gasteiger partial charge in [0.2, 0.25) is 0 Å². The summed E-state index contributed by atoms with van der Waals surface area (Å²) in [4.78, 5) is 36.3. The zero-order valence-corrected chi connectivity index (χ0v) is 15.0. The summed E-state index contributed by atoms with van der Waals surface area (Å²) in [6.45, 7) is 0.505. The number of nitrogens with zero attached hydrogens (tertiary/aromatic N) is 2. The highest BCUT2D eigenvalue weighted by Crippen LogP contribution is 2.23. The fourth-order valence-corrected chi connectivity index (χ4v) is 2.94. The number of hydrogen-bond acceptors (Lipinski definition) is 6. The first-order valence-corrected chi connectivity index (χ1v) is 8.69. The van der Waals surface area contributed by atoms with Crippen LogP contribution in [0.2, 0.25) is 0 Å². The van der Waals surface area contributed by atoms with Crippen LogP contribution in [0.5, 0.6) is 0 Å². The summed E-state index contributed by atoms with van der Waals surface area (Å²) >= 11 is 0. The predicted octanol–water partition coefficient (Wildman–Crippen LogP) is 2.65. The number of esters is 1. The molecule has 0 fully saturated rings. The van der Waals surface area contributed by atoms with E-state index in [0.717, 1.165) is 11.6 Å². The van der Waals surface area contributed by atoms with Gasteiger partial charge in [-0.3, -0.25) is 14.9 Å². The van der Waals surface area contributed by atoms with Gasteiger partial charge in [0.1, 0.15) is 0 Å². The lowest BCUT2D eigenvalue weighted by atomic mass is 10.00. The van der Waals surface area contributed by atoms with Gasteiger partial charge in [-0.25, -0.2) is 4.79 Å². The van der Waals surface area contributed by atoms with Crippen molar-refractivity contribution in [2.24, 2.45) is 0 Å². The van der Waals surface area contributed by atoms with E-state index in [1.807, 2.05) is 36.4 Å². The highest BCUT2D eigenvalue weighted by Gasteiger charge is 2.21. The monoisotopic (exact) mass is 381 g/mol. The molecular formula is C20H19N3O5. The molecule has 28 heavy (non-hydrogen) atoms. The van der Waals surface area contributed by atoms with E-state index < -0.39 is 17.5 Å². The van der Waals surface area contributed by atoms with Crippen molar-refractivity contribution < 1.29 is 19.2 Å². The lowest BCUT2D eigenvalue weighted by Crippen LogP contribution is -2.37. The van der Waals surface area contributed by atoms with E-state index in [1.54, 1.807) is 4.90 Å². The van der Waals surface area contributed by atoms with Crippen molar-refractivity contribution in [3.05, 3.63) is 75.8 Å². The topological polar surface area (TPSA) is 116 Å². The maximum absolute atomic E-state index is 12.3. The van der Waals surface area contributed by atoms with E-state index in [4.69, 9.17) is 10.5 Å². The van der Waals surface area contributed by atoms with E-state index in [2.05, 4.69) is 0 Å². The second kappa shape index (κ2) is 8.34. The maximum Gasteiger partial charge on any atom is 0.341 e. The molecular weight excluding hydrogens is 362 g/mol. The summed E-state index contributed by atoms with van der Waals surface area (Å²) < 4.78 is 5.02. The number of non-ortho nitro benzene ring substituents is 1. The number of nitrogens with two attached hydrogens (primary N) is 1. The Morgan fingerprint density at radius 3 is 2.57 bits per heavy atom. The van der Waals surface area contributed by atoms with Crippen molar-refractivity contribution >= 4 is 28.8 Å². The Balaban J connectivity index is 1.58. The van der Waals surface area contributed by atoms with Crippen LogP contribution in [0.3, 0.4) is 0 Å². The van der Waals surface area contributed by atoms with Gasteiger partial charge in [0.25, 0.3) is 11.6 Å². The first-order chi connectivity index (χ1) is 13.5. The summed E-state index contributed by atoms with van der Waals surface area (Å²) in [5.41, 5.74) is 7.63. The molecule has 0 saturated carbocycles. The standard InChI is InChI=1S/C20H19N3O5/c21-18-7-6-16(23(26)27)12-17(18)20(25)28-13-19(24)22-10-8-15(9-11-22)14-4-2-1-3-5-14/h1-8,12H,9-11,13,21H2.